The second-order valence-corrected chi connectivity index (χ2v) is 8.11. The Hall–Kier alpha value is -5.07. The topological polar surface area (TPSA) is 255 Å². The maximum Gasteiger partial charge on any atom is 0.300 e. The molecule has 0 saturated heterocycles. The molecule has 0 aromatic heterocycles. The highest BCUT2D eigenvalue weighted by Gasteiger charge is 2.21. The molecule has 0 heterocycles. The zero-order valence-electron chi connectivity index (χ0n) is 18.6. The predicted molar refractivity (Wildman–Crippen MR) is 130 cm³/mol. The quantitative estimate of drug-likeness (QED) is 0.153. The molecule has 0 aliphatic rings. The lowest BCUT2D eigenvalue weighted by atomic mass is 10.2. The van der Waals surface area contributed by atoms with Gasteiger partial charge in [-0.3, -0.25) is 71.7 Å². The van der Waals surface area contributed by atoms with Crippen LogP contribution in [0.25, 0.3) is 0 Å². The molecule has 0 atom stereocenters. The summed E-state index contributed by atoms with van der Waals surface area (Å²) in [6, 6.07) is 5.76. The maximum absolute atomic E-state index is 11.9. The lowest BCUT2D eigenvalue weighted by Gasteiger charge is -2.09. The molecule has 0 saturated carbocycles. The Labute approximate surface area is 210 Å². The summed E-state index contributed by atoms with van der Waals surface area (Å²) < 4.78 is 0. The van der Waals surface area contributed by atoms with Crippen molar-refractivity contribution < 1.29 is 29.3 Å². The average molecular weight is 538 g/mol. The Kier molecular flexibility index (Phi) is 10.00. The van der Waals surface area contributed by atoms with E-state index in [1.54, 1.807) is 0 Å². The van der Waals surface area contributed by atoms with Gasteiger partial charge in [0.2, 0.25) is 11.8 Å². The fraction of sp³-hybridized carbons (Fsp3) is 0.222. The van der Waals surface area contributed by atoms with Crippen molar-refractivity contribution in [3.63, 3.8) is 0 Å². The van der Waals surface area contributed by atoms with E-state index in [1.807, 2.05) is 0 Å². The molecule has 37 heavy (non-hydrogen) atoms. The number of carbonyl (C=O) groups excluding carboxylic acids is 2. The number of nitro groups is 4. The molecule has 18 nitrogen and oxygen atoms in total. The number of hydrogen-bond donors (Lipinski definition) is 4. The van der Waals surface area contributed by atoms with Gasteiger partial charge in [-0.15, -0.1) is 0 Å². The fourth-order valence-electron chi connectivity index (χ4n) is 2.61. The van der Waals surface area contributed by atoms with E-state index in [0.29, 0.717) is 0 Å². The standard InChI is InChI=1S/C18H18N8O10S/c27-17(21-19-13-3-1-11(23(29)30)9-15(13)25(33)34)5-7-37-8-6-18(28)22-20-14-4-2-12(24(31)32)10-16(14)26(35)36/h1-4,9-10,19-20H,5-8H2,(H,21,27)(H,22,28). The van der Waals surface area contributed by atoms with Gasteiger partial charge in [-0.25, -0.2) is 0 Å². The average Bonchev–Trinajstić information content (AvgIpc) is 2.85. The van der Waals surface area contributed by atoms with Gasteiger partial charge >= 0.3 is 11.4 Å². The Morgan fingerprint density at radius 1 is 0.649 bits per heavy atom. The Morgan fingerprint density at radius 2 is 1.03 bits per heavy atom. The summed E-state index contributed by atoms with van der Waals surface area (Å²) in [5, 5.41) is 43.7. The highest BCUT2D eigenvalue weighted by atomic mass is 32.2. The van der Waals surface area contributed by atoms with E-state index in [2.05, 4.69) is 21.7 Å². The van der Waals surface area contributed by atoms with E-state index < -0.39 is 54.3 Å². The van der Waals surface area contributed by atoms with E-state index in [-0.39, 0.29) is 35.7 Å². The highest BCUT2D eigenvalue weighted by molar-refractivity contribution is 7.99. The molecule has 0 aliphatic carbocycles. The Bertz CT molecular complexity index is 1150. The minimum absolute atomic E-state index is 0.0205. The third-order valence-electron chi connectivity index (χ3n) is 4.40. The number of rotatable bonds is 14. The number of hydrazine groups is 2. The van der Waals surface area contributed by atoms with Crippen LogP contribution in [-0.4, -0.2) is 43.0 Å². The third kappa shape index (κ3) is 8.58. The molecule has 0 bridgehead atoms. The molecule has 2 amide bonds. The molecule has 2 aromatic carbocycles. The van der Waals surface area contributed by atoms with Crippen LogP contribution in [0, 0.1) is 40.5 Å². The molecule has 0 spiro atoms. The highest BCUT2D eigenvalue weighted by Crippen LogP contribution is 2.29. The van der Waals surface area contributed by atoms with Crippen LogP contribution < -0.4 is 21.7 Å². The summed E-state index contributed by atoms with van der Waals surface area (Å²) in [5.74, 6) is -0.497. The summed E-state index contributed by atoms with van der Waals surface area (Å²) in [6.45, 7) is 0. The number of nitro benzene ring substituents is 4. The van der Waals surface area contributed by atoms with Crippen LogP contribution in [0.1, 0.15) is 12.8 Å². The number of non-ortho nitro benzene ring substituents is 2. The molecular formula is C18H18N8O10S. The van der Waals surface area contributed by atoms with Gasteiger partial charge in [0, 0.05) is 36.5 Å². The van der Waals surface area contributed by atoms with Crippen LogP contribution >= 0.6 is 11.8 Å². The van der Waals surface area contributed by atoms with Gasteiger partial charge in [-0.2, -0.15) is 11.8 Å². The van der Waals surface area contributed by atoms with Crippen LogP contribution in [0.3, 0.4) is 0 Å². The SMILES string of the molecule is O=C(CCSCCC(=O)NNc1ccc([N+](=O)[O-])cc1[N+](=O)[O-])NNc1ccc([N+](=O)[O-])cc1[N+](=O)[O-]. The molecular weight excluding hydrogens is 520 g/mol. The van der Waals surface area contributed by atoms with Crippen LogP contribution in [0.4, 0.5) is 34.1 Å². The van der Waals surface area contributed by atoms with Crippen LogP contribution in [-0.2, 0) is 9.59 Å². The smallest absolute Gasteiger partial charge is 0.292 e. The zero-order valence-corrected chi connectivity index (χ0v) is 19.4. The Morgan fingerprint density at radius 3 is 1.35 bits per heavy atom. The third-order valence-corrected chi connectivity index (χ3v) is 5.38. The van der Waals surface area contributed by atoms with Crippen molar-refractivity contribution in [2.24, 2.45) is 0 Å². The lowest BCUT2D eigenvalue weighted by Crippen LogP contribution is -2.30. The normalized spacial score (nSPS) is 10.2. The maximum atomic E-state index is 11.9. The van der Waals surface area contributed by atoms with Gasteiger partial charge < -0.3 is 0 Å². The predicted octanol–water partition coefficient (Wildman–Crippen LogP) is 2.42. The summed E-state index contributed by atoms with van der Waals surface area (Å²) in [6.07, 6.45) is -0.0411. The van der Waals surface area contributed by atoms with Crippen molar-refractivity contribution >= 4 is 57.7 Å². The van der Waals surface area contributed by atoms with E-state index in [1.165, 1.54) is 11.8 Å². The number of thioether (sulfide) groups is 1. The van der Waals surface area contributed by atoms with Crippen LogP contribution in [0.15, 0.2) is 36.4 Å². The van der Waals surface area contributed by atoms with Gasteiger partial charge in [0.25, 0.3) is 11.4 Å². The van der Waals surface area contributed by atoms with Gasteiger partial charge in [-0.1, -0.05) is 0 Å². The minimum Gasteiger partial charge on any atom is -0.292 e. The van der Waals surface area contributed by atoms with E-state index in [4.69, 9.17) is 0 Å². The van der Waals surface area contributed by atoms with E-state index in [9.17, 15) is 50.0 Å². The van der Waals surface area contributed by atoms with Gasteiger partial charge in [0.1, 0.15) is 11.4 Å². The van der Waals surface area contributed by atoms with Gasteiger partial charge in [-0.05, 0) is 12.1 Å². The molecule has 0 unspecified atom stereocenters. The number of anilines is 2. The number of carbonyl (C=O) groups is 2. The molecule has 0 radical (unpaired) electrons. The number of benzene rings is 2. The zero-order chi connectivity index (χ0) is 27.5. The lowest BCUT2D eigenvalue weighted by molar-refractivity contribution is -0.393. The van der Waals surface area contributed by atoms with Crippen LogP contribution in [0.5, 0.6) is 0 Å². The minimum atomic E-state index is -0.836. The fourth-order valence-corrected chi connectivity index (χ4v) is 3.48. The number of nitrogens with one attached hydrogen (secondary N) is 4. The number of nitrogens with zero attached hydrogens (tertiary/aromatic N) is 4. The Balaban J connectivity index is 1.72. The van der Waals surface area contributed by atoms with Crippen LogP contribution in [0.2, 0.25) is 0 Å². The van der Waals surface area contributed by atoms with Gasteiger partial charge in [0.05, 0.1) is 31.8 Å². The molecule has 19 heteroatoms. The van der Waals surface area contributed by atoms with Crippen molar-refractivity contribution in [1.29, 1.82) is 0 Å². The van der Waals surface area contributed by atoms with Crippen molar-refractivity contribution in [1.82, 2.24) is 10.9 Å². The second-order valence-electron chi connectivity index (χ2n) is 6.89. The van der Waals surface area contributed by atoms with Crippen molar-refractivity contribution in [2.75, 3.05) is 22.4 Å². The van der Waals surface area contributed by atoms with Gasteiger partial charge in [0.15, 0.2) is 0 Å². The largest absolute Gasteiger partial charge is 0.300 e. The summed E-state index contributed by atoms with van der Waals surface area (Å²) in [4.78, 5) is 64.3. The molecule has 2 aromatic rings. The molecule has 0 aliphatic heterocycles. The molecule has 2 rings (SSSR count). The van der Waals surface area contributed by atoms with Crippen molar-refractivity contribution in [2.45, 2.75) is 12.8 Å². The van der Waals surface area contributed by atoms with E-state index in [0.717, 1.165) is 36.4 Å². The summed E-state index contributed by atoms with van der Waals surface area (Å²) in [5.41, 5.74) is 6.73. The second kappa shape index (κ2) is 13.1. The first-order valence-corrected chi connectivity index (χ1v) is 11.2. The summed E-state index contributed by atoms with van der Waals surface area (Å²) in [7, 11) is 0. The summed E-state index contributed by atoms with van der Waals surface area (Å²) >= 11 is 1.24. The molecule has 4 N–H and O–H groups in total. The van der Waals surface area contributed by atoms with Crippen molar-refractivity contribution in [3.05, 3.63) is 76.9 Å². The molecule has 196 valence electrons. The first-order valence-electron chi connectivity index (χ1n) is 10.0. The monoisotopic (exact) mass is 538 g/mol. The number of amides is 2. The number of hydrogen-bond acceptors (Lipinski definition) is 13. The first kappa shape index (κ1) is 28.2. The molecule has 0 fully saturated rings. The van der Waals surface area contributed by atoms with Crippen molar-refractivity contribution in [3.8, 4) is 0 Å². The van der Waals surface area contributed by atoms with E-state index >= 15 is 0 Å². The first-order chi connectivity index (χ1) is 17.5.